The summed E-state index contributed by atoms with van der Waals surface area (Å²) in [6.45, 7) is 3.75. The zero-order valence-electron chi connectivity index (χ0n) is 11.0. The van der Waals surface area contributed by atoms with Crippen LogP contribution in [0.15, 0.2) is 71.0 Å². The van der Waals surface area contributed by atoms with E-state index in [2.05, 4.69) is 18.7 Å². The van der Waals surface area contributed by atoms with Crippen molar-refractivity contribution in [1.29, 1.82) is 0 Å². The molecule has 0 heterocycles. The Morgan fingerprint density at radius 2 is 1.80 bits per heavy atom. The molecule has 0 aliphatic carbocycles. The minimum atomic E-state index is -0.00602. The normalized spacial score (nSPS) is 11.5. The Bertz CT molecular complexity index is 555. The second kappa shape index (κ2) is 8.38. The van der Waals surface area contributed by atoms with Gasteiger partial charge in [-0.05, 0) is 42.3 Å². The first-order chi connectivity index (χ1) is 9.20. The SMILES string of the molecule is C=CC[C@H](N)c1ccccc1Sc1ccc(Cl)cc1.Cl. The van der Waals surface area contributed by atoms with Crippen molar-refractivity contribution in [1.82, 2.24) is 0 Å². The van der Waals surface area contributed by atoms with Crippen molar-refractivity contribution < 1.29 is 0 Å². The van der Waals surface area contributed by atoms with E-state index in [0.717, 1.165) is 21.9 Å². The largest absolute Gasteiger partial charge is 0.324 e. The fourth-order valence-corrected chi connectivity index (χ4v) is 2.95. The Morgan fingerprint density at radius 1 is 1.15 bits per heavy atom. The van der Waals surface area contributed by atoms with Gasteiger partial charge in [-0.2, -0.15) is 0 Å². The van der Waals surface area contributed by atoms with Crippen LogP contribution in [0, 0.1) is 0 Å². The molecule has 0 spiro atoms. The van der Waals surface area contributed by atoms with Crippen LogP contribution in [-0.4, -0.2) is 0 Å². The minimum absolute atomic E-state index is 0. The summed E-state index contributed by atoms with van der Waals surface area (Å²) in [6, 6.07) is 16.0. The van der Waals surface area contributed by atoms with E-state index < -0.39 is 0 Å². The third-order valence-electron chi connectivity index (χ3n) is 2.78. The molecule has 0 unspecified atom stereocenters. The highest BCUT2D eigenvalue weighted by molar-refractivity contribution is 7.99. The van der Waals surface area contributed by atoms with Crippen LogP contribution >= 0.6 is 35.8 Å². The maximum atomic E-state index is 6.18. The molecule has 0 aromatic heterocycles. The van der Waals surface area contributed by atoms with Gasteiger partial charge in [-0.25, -0.2) is 0 Å². The third-order valence-corrected chi connectivity index (χ3v) is 4.13. The Hall–Kier alpha value is -0.930. The van der Waals surface area contributed by atoms with Crippen LogP contribution in [-0.2, 0) is 0 Å². The van der Waals surface area contributed by atoms with Crippen LogP contribution in [0.5, 0.6) is 0 Å². The van der Waals surface area contributed by atoms with Gasteiger partial charge in [0, 0.05) is 20.9 Å². The molecule has 2 N–H and O–H groups in total. The molecular weight excluding hydrogens is 309 g/mol. The average molecular weight is 326 g/mol. The molecule has 0 radical (unpaired) electrons. The summed E-state index contributed by atoms with van der Waals surface area (Å²) in [7, 11) is 0. The van der Waals surface area contributed by atoms with E-state index in [4.69, 9.17) is 17.3 Å². The van der Waals surface area contributed by atoms with Crippen molar-refractivity contribution in [3.05, 3.63) is 71.8 Å². The van der Waals surface area contributed by atoms with E-state index >= 15 is 0 Å². The number of benzene rings is 2. The van der Waals surface area contributed by atoms with Crippen molar-refractivity contribution in [2.75, 3.05) is 0 Å². The van der Waals surface area contributed by atoms with Gasteiger partial charge in [-0.15, -0.1) is 19.0 Å². The number of hydrogen-bond donors (Lipinski definition) is 1. The average Bonchev–Trinajstić information content (AvgIpc) is 2.42. The van der Waals surface area contributed by atoms with E-state index in [9.17, 15) is 0 Å². The summed E-state index contributed by atoms with van der Waals surface area (Å²) in [5, 5.41) is 0.751. The monoisotopic (exact) mass is 325 g/mol. The summed E-state index contributed by atoms with van der Waals surface area (Å²) >= 11 is 7.60. The van der Waals surface area contributed by atoms with E-state index in [1.165, 1.54) is 4.90 Å². The topological polar surface area (TPSA) is 26.0 Å². The highest BCUT2D eigenvalue weighted by Crippen LogP contribution is 2.34. The van der Waals surface area contributed by atoms with Crippen LogP contribution < -0.4 is 5.73 Å². The summed E-state index contributed by atoms with van der Waals surface area (Å²) in [4.78, 5) is 2.34. The molecule has 4 heteroatoms. The van der Waals surface area contributed by atoms with Crippen LogP contribution in [0.2, 0.25) is 5.02 Å². The Labute approximate surface area is 135 Å². The van der Waals surface area contributed by atoms with Crippen molar-refractivity contribution in [2.24, 2.45) is 5.73 Å². The molecular formula is C16H17Cl2NS. The molecule has 0 amide bonds. The van der Waals surface area contributed by atoms with Crippen molar-refractivity contribution >= 4 is 35.8 Å². The molecule has 1 nitrogen and oxygen atoms in total. The molecule has 20 heavy (non-hydrogen) atoms. The van der Waals surface area contributed by atoms with Crippen LogP contribution in [0.1, 0.15) is 18.0 Å². The Balaban J connectivity index is 0.00000200. The van der Waals surface area contributed by atoms with E-state index in [1.54, 1.807) is 11.8 Å². The second-order valence-corrected chi connectivity index (χ2v) is 5.78. The van der Waals surface area contributed by atoms with Gasteiger partial charge >= 0.3 is 0 Å². The molecule has 2 rings (SSSR count). The number of nitrogens with two attached hydrogens (primary N) is 1. The van der Waals surface area contributed by atoms with Gasteiger partial charge in [-0.3, -0.25) is 0 Å². The summed E-state index contributed by atoms with van der Waals surface area (Å²) in [5.41, 5.74) is 7.33. The summed E-state index contributed by atoms with van der Waals surface area (Å²) < 4.78 is 0. The molecule has 0 saturated carbocycles. The molecule has 0 bridgehead atoms. The molecule has 0 aliphatic heterocycles. The van der Waals surface area contributed by atoms with Gasteiger partial charge in [0.25, 0.3) is 0 Å². The van der Waals surface area contributed by atoms with Crippen molar-refractivity contribution in [3.63, 3.8) is 0 Å². The maximum Gasteiger partial charge on any atom is 0.0406 e. The first-order valence-electron chi connectivity index (χ1n) is 6.09. The second-order valence-electron chi connectivity index (χ2n) is 4.22. The minimum Gasteiger partial charge on any atom is -0.324 e. The van der Waals surface area contributed by atoms with E-state index in [1.807, 2.05) is 42.5 Å². The lowest BCUT2D eigenvalue weighted by molar-refractivity contribution is 0.726. The van der Waals surface area contributed by atoms with Crippen molar-refractivity contribution in [2.45, 2.75) is 22.3 Å². The van der Waals surface area contributed by atoms with E-state index in [0.29, 0.717) is 0 Å². The molecule has 106 valence electrons. The molecule has 0 saturated heterocycles. The predicted molar refractivity (Wildman–Crippen MR) is 91.0 cm³/mol. The molecule has 2 aromatic rings. The quantitative estimate of drug-likeness (QED) is 0.735. The van der Waals surface area contributed by atoms with E-state index in [-0.39, 0.29) is 18.4 Å². The standard InChI is InChI=1S/C16H16ClNS.ClH/c1-2-5-15(18)14-6-3-4-7-16(14)19-13-10-8-12(17)9-11-13;/h2-4,6-11,15H,1,5,18H2;1H/t15-;/m0./s1. The smallest absolute Gasteiger partial charge is 0.0406 e. The Morgan fingerprint density at radius 3 is 2.45 bits per heavy atom. The van der Waals surface area contributed by atoms with Crippen molar-refractivity contribution in [3.8, 4) is 0 Å². The lowest BCUT2D eigenvalue weighted by Crippen LogP contribution is -2.09. The molecule has 1 atom stereocenters. The van der Waals surface area contributed by atoms with Gasteiger partial charge in [0.1, 0.15) is 0 Å². The lowest BCUT2D eigenvalue weighted by Gasteiger charge is -2.14. The zero-order valence-corrected chi connectivity index (χ0v) is 13.3. The van der Waals surface area contributed by atoms with Gasteiger partial charge in [0.2, 0.25) is 0 Å². The molecule has 0 aliphatic rings. The summed E-state index contributed by atoms with van der Waals surface area (Å²) in [5.74, 6) is 0. The maximum absolute atomic E-state index is 6.18. The first kappa shape index (κ1) is 17.1. The third kappa shape index (κ3) is 4.57. The lowest BCUT2D eigenvalue weighted by atomic mass is 10.1. The van der Waals surface area contributed by atoms with Gasteiger partial charge in [-0.1, -0.05) is 47.6 Å². The molecule has 0 fully saturated rings. The Kier molecular flexibility index (Phi) is 7.17. The predicted octanol–water partition coefficient (Wildman–Crippen LogP) is 5.49. The van der Waals surface area contributed by atoms with Gasteiger partial charge in [0.05, 0.1) is 0 Å². The number of rotatable bonds is 5. The molecule has 2 aromatic carbocycles. The van der Waals surface area contributed by atoms with Crippen LogP contribution in [0.25, 0.3) is 0 Å². The highest BCUT2D eigenvalue weighted by Gasteiger charge is 2.10. The zero-order chi connectivity index (χ0) is 13.7. The van der Waals surface area contributed by atoms with Gasteiger partial charge < -0.3 is 5.73 Å². The van der Waals surface area contributed by atoms with Crippen LogP contribution in [0.4, 0.5) is 0 Å². The highest BCUT2D eigenvalue weighted by atomic mass is 35.5. The number of hydrogen-bond acceptors (Lipinski definition) is 2. The first-order valence-corrected chi connectivity index (χ1v) is 7.29. The fourth-order valence-electron chi connectivity index (χ4n) is 1.82. The van der Waals surface area contributed by atoms with Crippen LogP contribution in [0.3, 0.4) is 0 Å². The fraction of sp³-hybridized carbons (Fsp3) is 0.125. The van der Waals surface area contributed by atoms with Gasteiger partial charge in [0.15, 0.2) is 0 Å². The number of halogens is 2. The summed E-state index contributed by atoms with van der Waals surface area (Å²) in [6.07, 6.45) is 2.63.